The lowest BCUT2D eigenvalue weighted by atomic mass is 10.2. The van der Waals surface area contributed by atoms with Crippen LogP contribution >= 0.6 is 11.3 Å². The van der Waals surface area contributed by atoms with Gasteiger partial charge in [0.15, 0.2) is 0 Å². The van der Waals surface area contributed by atoms with Crippen molar-refractivity contribution < 1.29 is 0 Å². The molecule has 0 N–H and O–H groups in total. The minimum absolute atomic E-state index is 1.04. The van der Waals surface area contributed by atoms with Crippen molar-refractivity contribution in [3.8, 4) is 11.3 Å². The number of aromatic nitrogens is 2. The van der Waals surface area contributed by atoms with E-state index in [-0.39, 0.29) is 0 Å². The van der Waals surface area contributed by atoms with E-state index in [1.807, 2.05) is 32.9 Å². The molecule has 0 radical (unpaired) electrons. The van der Waals surface area contributed by atoms with Gasteiger partial charge in [-0.25, -0.2) is 4.98 Å². The van der Waals surface area contributed by atoms with Gasteiger partial charge in [0.05, 0.1) is 10.7 Å². The third kappa shape index (κ3) is 2.64. The molecule has 0 fully saturated rings. The van der Waals surface area contributed by atoms with Crippen molar-refractivity contribution in [2.45, 2.75) is 20.8 Å². The number of thiazole rings is 1. The molecule has 0 aliphatic heterocycles. The molecule has 2 heterocycles. The van der Waals surface area contributed by atoms with E-state index >= 15 is 0 Å². The molecule has 2 rings (SSSR count). The number of hydrogen-bond acceptors (Lipinski definition) is 3. The lowest BCUT2D eigenvalue weighted by molar-refractivity contribution is 1.28. The smallest absolute Gasteiger partial charge is 0.0901 e. The highest BCUT2D eigenvalue weighted by molar-refractivity contribution is 7.09. The summed E-state index contributed by atoms with van der Waals surface area (Å²) >= 11 is 1.67. The van der Waals surface area contributed by atoms with Crippen molar-refractivity contribution in [1.82, 2.24) is 9.97 Å². The Morgan fingerprint density at radius 3 is 2.29 bits per heavy atom. The SMILES string of the molecule is CC.Cc1nc(-c2ccncc2)cs1. The molecule has 0 aliphatic rings. The first-order chi connectivity index (χ1) is 6.86. The standard InChI is InChI=1S/C9H8N2S.C2H6/c1-7-11-9(6-12-7)8-2-4-10-5-3-8;1-2/h2-6H,1H3;1-2H3. The summed E-state index contributed by atoms with van der Waals surface area (Å²) in [5.41, 5.74) is 2.18. The van der Waals surface area contributed by atoms with Crippen molar-refractivity contribution >= 4 is 11.3 Å². The normalized spacial score (nSPS) is 9.07. The lowest BCUT2D eigenvalue weighted by Crippen LogP contribution is -1.77. The topological polar surface area (TPSA) is 25.8 Å². The van der Waals surface area contributed by atoms with Crippen LogP contribution in [0.1, 0.15) is 18.9 Å². The van der Waals surface area contributed by atoms with Gasteiger partial charge in [0.2, 0.25) is 0 Å². The first kappa shape index (κ1) is 10.9. The molecule has 0 atom stereocenters. The van der Waals surface area contributed by atoms with Gasteiger partial charge in [-0.05, 0) is 19.1 Å². The van der Waals surface area contributed by atoms with Gasteiger partial charge in [-0.2, -0.15) is 0 Å². The highest BCUT2D eigenvalue weighted by Gasteiger charge is 1.99. The van der Waals surface area contributed by atoms with Crippen LogP contribution in [0.3, 0.4) is 0 Å². The Hall–Kier alpha value is -1.22. The first-order valence-electron chi connectivity index (χ1n) is 4.69. The average Bonchev–Trinajstić information content (AvgIpc) is 2.69. The highest BCUT2D eigenvalue weighted by Crippen LogP contribution is 2.19. The van der Waals surface area contributed by atoms with Gasteiger partial charge < -0.3 is 0 Å². The molecular formula is C11H14N2S. The van der Waals surface area contributed by atoms with Crippen LogP contribution in [-0.2, 0) is 0 Å². The number of rotatable bonds is 1. The van der Waals surface area contributed by atoms with Gasteiger partial charge in [-0.3, -0.25) is 4.98 Å². The monoisotopic (exact) mass is 206 g/mol. The van der Waals surface area contributed by atoms with Gasteiger partial charge >= 0.3 is 0 Å². The fraction of sp³-hybridized carbons (Fsp3) is 0.273. The van der Waals surface area contributed by atoms with Crippen molar-refractivity contribution in [2.75, 3.05) is 0 Å². The average molecular weight is 206 g/mol. The number of nitrogens with zero attached hydrogens (tertiary/aromatic N) is 2. The molecule has 3 heteroatoms. The maximum absolute atomic E-state index is 4.37. The lowest BCUT2D eigenvalue weighted by Gasteiger charge is -1.92. The molecule has 0 bridgehead atoms. The minimum Gasteiger partial charge on any atom is -0.265 e. The second-order valence-electron chi connectivity index (χ2n) is 2.49. The number of aryl methyl sites for hydroxylation is 1. The quantitative estimate of drug-likeness (QED) is 0.713. The Bertz CT molecular complexity index is 368. The summed E-state index contributed by atoms with van der Waals surface area (Å²) in [4.78, 5) is 8.32. The zero-order valence-corrected chi connectivity index (χ0v) is 9.51. The molecule has 0 unspecified atom stereocenters. The Labute approximate surface area is 88.7 Å². The Morgan fingerprint density at radius 2 is 1.79 bits per heavy atom. The van der Waals surface area contributed by atoms with Crippen LogP contribution in [-0.4, -0.2) is 9.97 Å². The summed E-state index contributed by atoms with van der Waals surface area (Å²) in [5.74, 6) is 0. The molecule has 0 aromatic carbocycles. The Balaban J connectivity index is 0.000000461. The maximum Gasteiger partial charge on any atom is 0.0901 e. The van der Waals surface area contributed by atoms with Crippen LogP contribution in [0.4, 0.5) is 0 Å². The van der Waals surface area contributed by atoms with E-state index in [0.717, 1.165) is 16.3 Å². The molecule has 2 aromatic heterocycles. The molecule has 2 aromatic rings. The largest absolute Gasteiger partial charge is 0.265 e. The Morgan fingerprint density at radius 1 is 1.14 bits per heavy atom. The summed E-state index contributed by atoms with van der Waals surface area (Å²) in [6, 6.07) is 3.93. The third-order valence-corrected chi connectivity index (χ3v) is 2.37. The van der Waals surface area contributed by atoms with E-state index < -0.39 is 0 Å². The van der Waals surface area contributed by atoms with E-state index in [4.69, 9.17) is 0 Å². The fourth-order valence-corrected chi connectivity index (χ4v) is 1.64. The first-order valence-corrected chi connectivity index (χ1v) is 5.57. The van der Waals surface area contributed by atoms with Crippen LogP contribution in [0.15, 0.2) is 29.9 Å². The highest BCUT2D eigenvalue weighted by atomic mass is 32.1. The van der Waals surface area contributed by atoms with Crippen LogP contribution in [0.5, 0.6) is 0 Å². The van der Waals surface area contributed by atoms with E-state index in [1.54, 1.807) is 23.7 Å². The second-order valence-corrected chi connectivity index (χ2v) is 3.55. The molecule has 0 saturated carbocycles. The maximum atomic E-state index is 4.37. The molecule has 2 nitrogen and oxygen atoms in total. The van der Waals surface area contributed by atoms with Crippen molar-refractivity contribution in [3.05, 3.63) is 34.9 Å². The minimum atomic E-state index is 1.04. The fourth-order valence-electron chi connectivity index (χ4n) is 1.02. The zero-order chi connectivity index (χ0) is 10.4. The van der Waals surface area contributed by atoms with Gasteiger partial charge in [0.25, 0.3) is 0 Å². The van der Waals surface area contributed by atoms with Gasteiger partial charge in [0.1, 0.15) is 0 Å². The summed E-state index contributed by atoms with van der Waals surface area (Å²) in [7, 11) is 0. The van der Waals surface area contributed by atoms with Gasteiger partial charge in [-0.1, -0.05) is 13.8 Å². The van der Waals surface area contributed by atoms with Crippen LogP contribution in [0.2, 0.25) is 0 Å². The number of pyridine rings is 1. The second kappa shape index (κ2) is 5.50. The molecule has 0 aliphatic carbocycles. The zero-order valence-electron chi connectivity index (χ0n) is 8.69. The predicted molar refractivity (Wildman–Crippen MR) is 61.4 cm³/mol. The molecule has 74 valence electrons. The molecule has 0 spiro atoms. The molecule has 0 amide bonds. The summed E-state index contributed by atoms with van der Waals surface area (Å²) in [5, 5.41) is 3.16. The summed E-state index contributed by atoms with van der Waals surface area (Å²) in [6.45, 7) is 6.01. The van der Waals surface area contributed by atoms with Gasteiger partial charge in [0, 0.05) is 23.3 Å². The van der Waals surface area contributed by atoms with E-state index in [1.165, 1.54) is 0 Å². The molecule has 0 saturated heterocycles. The van der Waals surface area contributed by atoms with Crippen molar-refractivity contribution in [2.24, 2.45) is 0 Å². The van der Waals surface area contributed by atoms with E-state index in [9.17, 15) is 0 Å². The van der Waals surface area contributed by atoms with E-state index in [0.29, 0.717) is 0 Å². The van der Waals surface area contributed by atoms with Crippen LogP contribution in [0.25, 0.3) is 11.3 Å². The van der Waals surface area contributed by atoms with E-state index in [2.05, 4.69) is 15.3 Å². The predicted octanol–water partition coefficient (Wildman–Crippen LogP) is 3.54. The molecular weight excluding hydrogens is 192 g/mol. The van der Waals surface area contributed by atoms with Crippen LogP contribution in [0, 0.1) is 6.92 Å². The van der Waals surface area contributed by atoms with Crippen molar-refractivity contribution in [1.29, 1.82) is 0 Å². The number of hydrogen-bond donors (Lipinski definition) is 0. The van der Waals surface area contributed by atoms with Gasteiger partial charge in [-0.15, -0.1) is 11.3 Å². The third-order valence-electron chi connectivity index (χ3n) is 1.60. The van der Waals surface area contributed by atoms with Crippen LogP contribution < -0.4 is 0 Å². The molecule has 14 heavy (non-hydrogen) atoms. The summed E-state index contributed by atoms with van der Waals surface area (Å²) in [6.07, 6.45) is 3.56. The Kier molecular flexibility index (Phi) is 4.26. The summed E-state index contributed by atoms with van der Waals surface area (Å²) < 4.78 is 0. The van der Waals surface area contributed by atoms with Crippen molar-refractivity contribution in [3.63, 3.8) is 0 Å².